The molecule has 9 N–H and O–H groups in total. The van der Waals surface area contributed by atoms with E-state index in [-0.39, 0.29) is 73.2 Å². The maximum Gasteiger partial charge on any atom is 0.410 e. The van der Waals surface area contributed by atoms with Crippen molar-refractivity contribution in [2.75, 3.05) is 59.6 Å². The molecule has 4 rings (SSSR count). The SMILES string of the molecule is CC[C@H](C)[C@@H]([C@@H](CC(=O)N1CCC[C@H]1[C@H](OC)[C@@H](C)C(=O)N[C@H](C)C[C@]1(O)C=CC=CC1)OC)N(C)C(=O)[C@@H](NC(=O)[C@H](C(C)C)N(C)C(=O)OCc1ccc(NC(=O)[C@H](CCCNC(N)=O)NC(=O)[C@@H](NC(=O)CO/N=C(\C)c2cc([N+](=O)[O-])cnc2S(C)(=O)=O)C(C)C)cc1)C(C)C. The number of urea groups is 1. The van der Waals surface area contributed by atoms with Crippen LogP contribution in [0.25, 0.3) is 0 Å². The van der Waals surface area contributed by atoms with Gasteiger partial charge in [-0.2, -0.15) is 0 Å². The fourth-order valence-electron chi connectivity index (χ4n) is 12.4. The number of anilines is 1. The van der Waals surface area contributed by atoms with Crippen LogP contribution < -0.4 is 37.6 Å². The number of nitrogens with two attached hydrogens (primary N) is 1. The monoisotopic (exact) mass is 1420 g/mol. The minimum atomic E-state index is -3.98. The second-order valence-electron chi connectivity index (χ2n) is 26.9. The lowest BCUT2D eigenvalue weighted by Crippen LogP contribution is -2.60. The van der Waals surface area contributed by atoms with E-state index in [4.69, 9.17) is 24.8 Å². The Morgan fingerprint density at radius 3 is 2.09 bits per heavy atom. The van der Waals surface area contributed by atoms with Crippen molar-refractivity contribution < 1.29 is 80.6 Å². The lowest BCUT2D eigenvalue weighted by atomic mass is 9.88. The number of nitrogens with zero attached hydrogens (tertiary/aromatic N) is 6. The van der Waals surface area contributed by atoms with Crippen LogP contribution in [-0.2, 0) is 69.1 Å². The number of amides is 10. The molecule has 12 atom stereocenters. The maximum atomic E-state index is 14.8. The van der Waals surface area contributed by atoms with Gasteiger partial charge in [-0.05, 0) is 93.7 Å². The number of benzene rings is 1. The predicted molar refractivity (Wildman–Crippen MR) is 372 cm³/mol. The van der Waals surface area contributed by atoms with Crippen LogP contribution in [0.2, 0.25) is 0 Å². The highest BCUT2D eigenvalue weighted by Crippen LogP contribution is 2.31. The molecule has 0 saturated carbocycles. The molecular weight excluding hydrogens is 1320 g/mol. The zero-order valence-electron chi connectivity index (χ0n) is 60.4. The van der Waals surface area contributed by atoms with Gasteiger partial charge in [0.05, 0.1) is 52.9 Å². The number of likely N-dealkylation sites (tertiary alicyclic amines) is 1. The molecule has 2 aliphatic rings. The number of carbonyl (C=O) groups excluding carboxylic acids is 9. The van der Waals surface area contributed by atoms with Crippen molar-refractivity contribution in [2.45, 2.75) is 199 Å². The number of rotatable bonds is 38. The van der Waals surface area contributed by atoms with Crippen molar-refractivity contribution in [3.8, 4) is 0 Å². The third-order valence-electron chi connectivity index (χ3n) is 17.9. The first kappa shape index (κ1) is 83.8. The Labute approximate surface area is 586 Å². The summed E-state index contributed by atoms with van der Waals surface area (Å²) >= 11 is 0. The molecule has 1 aliphatic heterocycles. The van der Waals surface area contributed by atoms with Crippen LogP contribution in [0.15, 0.2) is 71.0 Å². The molecule has 100 heavy (non-hydrogen) atoms. The zero-order chi connectivity index (χ0) is 75.1. The quantitative estimate of drug-likeness (QED) is 0.0196. The number of primary amides is 1. The number of aromatic nitrogens is 1. The standard InChI is InChI=1S/C68H105N13O18S/c1-17-42(8)58(52(96-14)34-54(83)80-32-22-24-51(80)59(97-15)44(10)60(84)72-43(9)35-68(91)29-19-18-20-30-68)78(12)65(88)56(40(4)5)76-63(87)57(41(6)7)79(13)67(90)98-37-46-25-27-47(28-26-46)73-61(85)50(23-21-31-70-66(69)89)74-62(86)55(39(2)3)75-53(82)38-99-77-45(11)49-33-48(81(92)93)36-71-64(49)100(16,94)95/h18-20,25-29,33,36,39-44,50-52,55-59,91H,17,21-24,30-32,34-35,37-38H2,1-16H3,(H,72,84)(H,73,85)(H,74,86)(H,75,82)(H,76,87)(H3,69,70,89)/b77-45+/t42-,43+,44+,50-,51-,52+,55-,56-,57-,58-,59+,68-/m0/s1. The first-order valence-electron chi connectivity index (χ1n) is 33.6. The molecule has 0 radical (unpaired) electrons. The summed E-state index contributed by atoms with van der Waals surface area (Å²) in [5.41, 5.74) is 4.00. The Bertz CT molecular complexity index is 3390. The number of hydrogen-bond acceptors (Lipinski definition) is 20. The third kappa shape index (κ3) is 24.3. The number of aliphatic hydroxyl groups is 1. The van der Waals surface area contributed by atoms with Crippen LogP contribution in [0.1, 0.15) is 139 Å². The molecule has 556 valence electrons. The number of hydrogen-bond donors (Lipinski definition) is 8. The average molecular weight is 1420 g/mol. The van der Waals surface area contributed by atoms with Crippen molar-refractivity contribution in [1.29, 1.82) is 0 Å². The highest BCUT2D eigenvalue weighted by Gasteiger charge is 2.44. The molecule has 32 heteroatoms. The molecular formula is C68H105N13O18S. The van der Waals surface area contributed by atoms with Gasteiger partial charge in [0.1, 0.15) is 37.0 Å². The van der Waals surface area contributed by atoms with E-state index in [2.05, 4.69) is 42.0 Å². The summed E-state index contributed by atoms with van der Waals surface area (Å²) in [6.45, 7) is 18.6. The van der Waals surface area contributed by atoms with Crippen molar-refractivity contribution in [3.05, 3.63) is 82.1 Å². The molecule has 1 saturated heterocycles. The van der Waals surface area contributed by atoms with Gasteiger partial charge in [0, 0.05) is 71.0 Å². The van der Waals surface area contributed by atoms with Crippen molar-refractivity contribution in [2.24, 2.45) is 40.5 Å². The number of pyridine rings is 1. The van der Waals surface area contributed by atoms with Gasteiger partial charge in [-0.25, -0.2) is 23.0 Å². The topological polar surface area (TPSA) is 421 Å². The average Bonchev–Trinajstić information content (AvgIpc) is 1.43. The number of nitrogens with one attached hydrogen (secondary N) is 6. The van der Waals surface area contributed by atoms with Crippen molar-refractivity contribution in [1.82, 2.24) is 46.3 Å². The number of nitro groups is 1. The van der Waals surface area contributed by atoms with Crippen LogP contribution in [0, 0.1) is 39.7 Å². The van der Waals surface area contributed by atoms with Gasteiger partial charge in [0.15, 0.2) is 21.5 Å². The maximum absolute atomic E-state index is 14.8. The molecule has 2 aromatic rings. The van der Waals surface area contributed by atoms with E-state index < -0.39 is 151 Å². The van der Waals surface area contributed by atoms with E-state index in [1.165, 1.54) is 45.2 Å². The number of methoxy groups -OCH3 is 2. The summed E-state index contributed by atoms with van der Waals surface area (Å²) in [6, 6.07) is 0.239. The Kier molecular flexibility index (Phi) is 32.5. The normalized spacial score (nSPS) is 18.4. The molecule has 1 aromatic heterocycles. The molecule has 0 spiro atoms. The summed E-state index contributed by atoms with van der Waals surface area (Å²) in [5.74, 6) is -6.16. The Hall–Kier alpha value is -8.62. The van der Waals surface area contributed by atoms with Gasteiger partial charge in [-0.1, -0.05) is 110 Å². The Morgan fingerprint density at radius 2 is 1.53 bits per heavy atom. The van der Waals surface area contributed by atoms with Crippen LogP contribution in [-0.4, -0.2) is 212 Å². The molecule has 1 fully saturated rings. The van der Waals surface area contributed by atoms with E-state index in [1.807, 2.05) is 32.9 Å². The lowest BCUT2D eigenvalue weighted by Gasteiger charge is -2.41. The first-order valence-corrected chi connectivity index (χ1v) is 35.5. The van der Waals surface area contributed by atoms with Gasteiger partial charge in [-0.3, -0.25) is 48.6 Å². The second kappa shape index (κ2) is 38.8. The molecule has 31 nitrogen and oxygen atoms in total. The minimum absolute atomic E-state index is 0.0106. The van der Waals surface area contributed by atoms with Gasteiger partial charge in [0.25, 0.3) is 11.6 Å². The van der Waals surface area contributed by atoms with Crippen LogP contribution >= 0.6 is 0 Å². The van der Waals surface area contributed by atoms with Crippen molar-refractivity contribution in [3.63, 3.8) is 0 Å². The van der Waals surface area contributed by atoms with E-state index >= 15 is 0 Å². The third-order valence-corrected chi connectivity index (χ3v) is 18.9. The number of ether oxygens (including phenoxy) is 3. The van der Waals surface area contributed by atoms with Crippen LogP contribution in [0.4, 0.5) is 21.0 Å². The van der Waals surface area contributed by atoms with Gasteiger partial charge in [0.2, 0.25) is 35.4 Å². The number of carbonyl (C=O) groups is 9. The van der Waals surface area contributed by atoms with E-state index in [0.29, 0.717) is 44.2 Å². The summed E-state index contributed by atoms with van der Waals surface area (Å²) in [6.07, 6.45) is 9.29. The first-order chi connectivity index (χ1) is 46.9. The molecule has 0 unspecified atom stereocenters. The summed E-state index contributed by atoms with van der Waals surface area (Å²) in [5, 5.41) is 42.0. The van der Waals surface area contributed by atoms with E-state index in [0.717, 1.165) is 23.4 Å². The number of sulfone groups is 1. The second-order valence-corrected chi connectivity index (χ2v) is 28.8. The number of oxime groups is 1. The predicted octanol–water partition coefficient (Wildman–Crippen LogP) is 4.64. The fourth-order valence-corrected chi connectivity index (χ4v) is 13.2. The van der Waals surface area contributed by atoms with Gasteiger partial charge < -0.3 is 71.6 Å². The Balaban J connectivity index is 1.40. The Morgan fingerprint density at radius 1 is 0.870 bits per heavy atom. The van der Waals surface area contributed by atoms with E-state index in [1.54, 1.807) is 84.7 Å². The van der Waals surface area contributed by atoms with E-state index in [9.17, 15) is 66.8 Å². The zero-order valence-corrected chi connectivity index (χ0v) is 61.2. The highest BCUT2D eigenvalue weighted by atomic mass is 32.2. The van der Waals surface area contributed by atoms with Crippen LogP contribution in [0.5, 0.6) is 0 Å². The van der Waals surface area contributed by atoms with Gasteiger partial charge in [-0.15, -0.1) is 0 Å². The molecule has 10 amide bonds. The molecule has 1 aromatic carbocycles. The van der Waals surface area contributed by atoms with Gasteiger partial charge >= 0.3 is 12.1 Å². The summed E-state index contributed by atoms with van der Waals surface area (Å²) in [4.78, 5) is 147. The number of allylic oxidation sites excluding steroid dienone is 2. The largest absolute Gasteiger partial charge is 0.445 e. The number of likely N-dealkylation sites (N-methyl/N-ethyl adjacent to an activating group) is 2. The molecule has 0 bridgehead atoms. The molecule has 2 heterocycles. The summed E-state index contributed by atoms with van der Waals surface area (Å²) in [7, 11) is 2.07. The summed E-state index contributed by atoms with van der Waals surface area (Å²) < 4.78 is 42.5. The fraction of sp³-hybridized carbons (Fsp3) is 0.632. The smallest absolute Gasteiger partial charge is 0.410 e. The van der Waals surface area contributed by atoms with Crippen LogP contribution in [0.3, 0.4) is 0 Å². The minimum Gasteiger partial charge on any atom is -0.445 e. The lowest BCUT2D eigenvalue weighted by molar-refractivity contribution is -0.385. The highest BCUT2D eigenvalue weighted by molar-refractivity contribution is 7.90. The van der Waals surface area contributed by atoms with Crippen molar-refractivity contribution >= 4 is 80.4 Å². The molecule has 1 aliphatic carbocycles.